The molecular formula is C16H19NO3. The summed E-state index contributed by atoms with van der Waals surface area (Å²) in [5.41, 5.74) is 0.718. The first kappa shape index (κ1) is 13.2. The number of fused-ring (bicyclic) bond motifs is 1. The zero-order chi connectivity index (χ0) is 14.1. The van der Waals surface area contributed by atoms with Crippen LogP contribution in [0.2, 0.25) is 0 Å². The molecule has 0 radical (unpaired) electrons. The normalized spacial score (nSPS) is 28.6. The van der Waals surface area contributed by atoms with Crippen LogP contribution in [-0.2, 0) is 4.79 Å². The first-order chi connectivity index (χ1) is 9.69. The highest BCUT2D eigenvalue weighted by Gasteiger charge is 2.43. The Kier molecular flexibility index (Phi) is 3.47. The summed E-state index contributed by atoms with van der Waals surface area (Å²) in [6.07, 6.45) is 3.40. The molecule has 20 heavy (non-hydrogen) atoms. The van der Waals surface area contributed by atoms with Gasteiger partial charge in [0.25, 0.3) is 0 Å². The summed E-state index contributed by atoms with van der Waals surface area (Å²) in [5, 5.41) is 3.00. The highest BCUT2D eigenvalue weighted by Crippen LogP contribution is 2.38. The van der Waals surface area contributed by atoms with Gasteiger partial charge in [0, 0.05) is 23.9 Å². The lowest BCUT2D eigenvalue weighted by atomic mass is 9.73. The van der Waals surface area contributed by atoms with E-state index in [9.17, 15) is 9.59 Å². The molecule has 0 bridgehead atoms. The van der Waals surface area contributed by atoms with Crippen LogP contribution in [0.3, 0.4) is 0 Å². The smallest absolute Gasteiger partial charge is 0.220 e. The van der Waals surface area contributed by atoms with Crippen molar-refractivity contribution in [3.05, 3.63) is 29.8 Å². The second-order valence-corrected chi connectivity index (χ2v) is 5.67. The molecule has 4 nitrogen and oxygen atoms in total. The second-order valence-electron chi connectivity index (χ2n) is 5.67. The summed E-state index contributed by atoms with van der Waals surface area (Å²) in [4.78, 5) is 24.2. The number of nitrogens with one attached hydrogen (secondary N) is 1. The number of ketones is 1. The average Bonchev–Trinajstić information content (AvgIpc) is 2.86. The standard InChI is InChI=1S/C16H19NO3/c1-20-11-7-5-10(6-8-11)16(19)12-3-2-4-14-13(12)9-15(18)17-14/h5-8,12-14H,2-4,9H2,1H3,(H,17,18). The van der Waals surface area contributed by atoms with E-state index < -0.39 is 0 Å². The molecule has 3 rings (SSSR count). The minimum Gasteiger partial charge on any atom is -0.497 e. The van der Waals surface area contributed by atoms with Gasteiger partial charge < -0.3 is 10.1 Å². The van der Waals surface area contributed by atoms with E-state index in [0.717, 1.165) is 30.6 Å². The molecule has 4 heteroatoms. The summed E-state index contributed by atoms with van der Waals surface area (Å²) < 4.78 is 5.11. The fourth-order valence-corrected chi connectivity index (χ4v) is 3.50. The first-order valence-corrected chi connectivity index (χ1v) is 7.16. The Morgan fingerprint density at radius 3 is 2.70 bits per heavy atom. The molecule has 1 saturated carbocycles. The van der Waals surface area contributed by atoms with E-state index in [4.69, 9.17) is 4.74 Å². The lowest BCUT2D eigenvalue weighted by Crippen LogP contribution is -2.38. The predicted molar refractivity (Wildman–Crippen MR) is 74.7 cm³/mol. The lowest BCUT2D eigenvalue weighted by Gasteiger charge is -2.31. The van der Waals surface area contributed by atoms with Crippen LogP contribution in [0.5, 0.6) is 5.75 Å². The molecule has 1 aromatic rings. The molecule has 1 aromatic carbocycles. The predicted octanol–water partition coefficient (Wildman–Crippen LogP) is 2.18. The van der Waals surface area contributed by atoms with Crippen molar-refractivity contribution in [1.29, 1.82) is 0 Å². The number of hydrogen-bond acceptors (Lipinski definition) is 3. The molecule has 1 aliphatic carbocycles. The van der Waals surface area contributed by atoms with Crippen LogP contribution in [-0.4, -0.2) is 24.8 Å². The van der Waals surface area contributed by atoms with Crippen LogP contribution >= 0.6 is 0 Å². The van der Waals surface area contributed by atoms with Crippen molar-refractivity contribution in [3.8, 4) is 5.75 Å². The van der Waals surface area contributed by atoms with Gasteiger partial charge in [-0.05, 0) is 43.0 Å². The fraction of sp³-hybridized carbons (Fsp3) is 0.500. The molecule has 0 aromatic heterocycles. The van der Waals surface area contributed by atoms with Crippen molar-refractivity contribution in [2.24, 2.45) is 11.8 Å². The molecular weight excluding hydrogens is 254 g/mol. The van der Waals surface area contributed by atoms with Gasteiger partial charge >= 0.3 is 0 Å². The van der Waals surface area contributed by atoms with Gasteiger partial charge in [0.15, 0.2) is 5.78 Å². The molecule has 3 atom stereocenters. The van der Waals surface area contributed by atoms with Crippen molar-refractivity contribution in [2.45, 2.75) is 31.7 Å². The number of rotatable bonds is 3. The van der Waals surface area contributed by atoms with E-state index in [1.165, 1.54) is 0 Å². The number of benzene rings is 1. The third kappa shape index (κ3) is 2.30. The van der Waals surface area contributed by atoms with Crippen molar-refractivity contribution in [1.82, 2.24) is 5.32 Å². The van der Waals surface area contributed by atoms with Gasteiger partial charge in [-0.15, -0.1) is 0 Å². The van der Waals surface area contributed by atoms with Crippen molar-refractivity contribution in [3.63, 3.8) is 0 Å². The minimum atomic E-state index is -0.0268. The van der Waals surface area contributed by atoms with Gasteiger partial charge in [-0.3, -0.25) is 9.59 Å². The number of hydrogen-bond donors (Lipinski definition) is 1. The Bertz CT molecular complexity index is 523. The SMILES string of the molecule is COc1ccc(C(=O)C2CCCC3NC(=O)CC32)cc1. The molecule has 2 fully saturated rings. The molecule has 1 saturated heterocycles. The monoisotopic (exact) mass is 273 g/mol. The van der Waals surface area contributed by atoms with Crippen LogP contribution in [0.1, 0.15) is 36.0 Å². The molecule has 1 aliphatic heterocycles. The maximum atomic E-state index is 12.7. The van der Waals surface area contributed by atoms with Crippen molar-refractivity contribution >= 4 is 11.7 Å². The number of amides is 1. The van der Waals surface area contributed by atoms with E-state index >= 15 is 0 Å². The van der Waals surface area contributed by atoms with Gasteiger partial charge in [-0.2, -0.15) is 0 Å². The Morgan fingerprint density at radius 2 is 2.00 bits per heavy atom. The van der Waals surface area contributed by atoms with Crippen LogP contribution in [0.15, 0.2) is 24.3 Å². The van der Waals surface area contributed by atoms with E-state index in [2.05, 4.69) is 5.32 Å². The quantitative estimate of drug-likeness (QED) is 0.859. The maximum absolute atomic E-state index is 12.7. The number of carbonyl (C=O) groups is 2. The fourth-order valence-electron chi connectivity index (χ4n) is 3.50. The van der Waals surface area contributed by atoms with E-state index in [1.54, 1.807) is 7.11 Å². The highest BCUT2D eigenvalue weighted by atomic mass is 16.5. The summed E-state index contributed by atoms with van der Waals surface area (Å²) in [5.74, 6) is 1.15. The summed E-state index contributed by atoms with van der Waals surface area (Å²) >= 11 is 0. The molecule has 3 unspecified atom stereocenters. The van der Waals surface area contributed by atoms with Crippen LogP contribution < -0.4 is 10.1 Å². The Morgan fingerprint density at radius 1 is 1.25 bits per heavy atom. The number of Topliss-reactive ketones (excluding diaryl/α,β-unsaturated/α-hetero) is 1. The second kappa shape index (κ2) is 5.27. The zero-order valence-electron chi connectivity index (χ0n) is 11.6. The summed E-state index contributed by atoms with van der Waals surface area (Å²) in [7, 11) is 1.61. The zero-order valence-corrected chi connectivity index (χ0v) is 11.6. The molecule has 1 N–H and O–H groups in total. The van der Waals surface area contributed by atoms with E-state index in [0.29, 0.717) is 6.42 Å². The minimum absolute atomic E-state index is 0.0268. The summed E-state index contributed by atoms with van der Waals surface area (Å²) in [6.45, 7) is 0. The van der Waals surface area contributed by atoms with E-state index in [-0.39, 0.29) is 29.6 Å². The van der Waals surface area contributed by atoms with Gasteiger partial charge in [-0.25, -0.2) is 0 Å². The van der Waals surface area contributed by atoms with Crippen LogP contribution in [0, 0.1) is 11.8 Å². The molecule has 2 aliphatic rings. The number of ether oxygens (including phenoxy) is 1. The third-order valence-corrected chi connectivity index (χ3v) is 4.54. The first-order valence-electron chi connectivity index (χ1n) is 7.16. The van der Waals surface area contributed by atoms with Crippen molar-refractivity contribution in [2.75, 3.05) is 7.11 Å². The van der Waals surface area contributed by atoms with Crippen LogP contribution in [0.4, 0.5) is 0 Å². The maximum Gasteiger partial charge on any atom is 0.220 e. The molecule has 1 amide bonds. The Balaban J connectivity index is 1.80. The topological polar surface area (TPSA) is 55.4 Å². The molecule has 1 heterocycles. The van der Waals surface area contributed by atoms with Crippen LogP contribution in [0.25, 0.3) is 0 Å². The van der Waals surface area contributed by atoms with Crippen molar-refractivity contribution < 1.29 is 14.3 Å². The largest absolute Gasteiger partial charge is 0.497 e. The molecule has 0 spiro atoms. The molecule has 106 valence electrons. The highest BCUT2D eigenvalue weighted by molar-refractivity contribution is 5.98. The van der Waals surface area contributed by atoms with Gasteiger partial charge in [0.2, 0.25) is 5.91 Å². The average molecular weight is 273 g/mol. The van der Waals surface area contributed by atoms with E-state index in [1.807, 2.05) is 24.3 Å². The summed E-state index contributed by atoms with van der Waals surface area (Å²) in [6, 6.07) is 7.45. The number of methoxy groups -OCH3 is 1. The van der Waals surface area contributed by atoms with Gasteiger partial charge in [0.05, 0.1) is 7.11 Å². The Hall–Kier alpha value is -1.84. The van der Waals surface area contributed by atoms with Gasteiger partial charge in [-0.1, -0.05) is 6.42 Å². The lowest BCUT2D eigenvalue weighted by molar-refractivity contribution is -0.119. The number of carbonyl (C=O) groups excluding carboxylic acids is 2. The third-order valence-electron chi connectivity index (χ3n) is 4.54. The van der Waals surface area contributed by atoms with Gasteiger partial charge in [0.1, 0.15) is 5.75 Å². The Labute approximate surface area is 118 Å².